The Morgan fingerprint density at radius 3 is 2.45 bits per heavy atom. The van der Waals surface area contributed by atoms with Crippen LogP contribution in [0.15, 0.2) is 30.3 Å². The van der Waals surface area contributed by atoms with Crippen LogP contribution in [-0.2, 0) is 6.42 Å². The van der Waals surface area contributed by atoms with Gasteiger partial charge in [0.2, 0.25) is 0 Å². The van der Waals surface area contributed by atoms with Crippen LogP contribution in [0.4, 0.5) is 0 Å². The SMILES string of the molecule is CCCc1ccc(C(NN)c2cc(C)nnc2C)cc1. The third-order valence-corrected chi connectivity index (χ3v) is 3.47. The lowest BCUT2D eigenvalue weighted by Gasteiger charge is -2.19. The first-order valence-electron chi connectivity index (χ1n) is 7.01. The molecule has 0 saturated heterocycles. The van der Waals surface area contributed by atoms with Crippen molar-refractivity contribution < 1.29 is 0 Å². The third kappa shape index (κ3) is 3.21. The second-order valence-corrected chi connectivity index (χ2v) is 5.12. The van der Waals surface area contributed by atoms with E-state index in [1.54, 1.807) is 0 Å². The van der Waals surface area contributed by atoms with Crippen molar-refractivity contribution in [1.29, 1.82) is 0 Å². The second-order valence-electron chi connectivity index (χ2n) is 5.12. The monoisotopic (exact) mass is 270 g/mol. The minimum atomic E-state index is -0.0557. The van der Waals surface area contributed by atoms with E-state index >= 15 is 0 Å². The van der Waals surface area contributed by atoms with E-state index in [9.17, 15) is 0 Å². The number of aromatic nitrogens is 2. The number of hydrogen-bond donors (Lipinski definition) is 2. The van der Waals surface area contributed by atoms with Crippen molar-refractivity contribution in [2.45, 2.75) is 39.7 Å². The maximum Gasteiger partial charge on any atom is 0.0729 e. The summed E-state index contributed by atoms with van der Waals surface area (Å²) in [4.78, 5) is 0. The minimum absolute atomic E-state index is 0.0557. The summed E-state index contributed by atoms with van der Waals surface area (Å²) < 4.78 is 0. The van der Waals surface area contributed by atoms with Gasteiger partial charge in [-0.1, -0.05) is 37.6 Å². The predicted octanol–water partition coefficient (Wildman–Crippen LogP) is 2.60. The number of nitrogens with one attached hydrogen (secondary N) is 1. The third-order valence-electron chi connectivity index (χ3n) is 3.47. The number of rotatable bonds is 5. The molecule has 0 aliphatic rings. The summed E-state index contributed by atoms with van der Waals surface area (Å²) in [5, 5.41) is 8.24. The number of aryl methyl sites for hydroxylation is 3. The van der Waals surface area contributed by atoms with Crippen LogP contribution in [-0.4, -0.2) is 10.2 Å². The Morgan fingerprint density at radius 2 is 1.85 bits per heavy atom. The van der Waals surface area contributed by atoms with Crippen LogP contribution in [0.1, 0.15) is 47.5 Å². The van der Waals surface area contributed by atoms with Gasteiger partial charge in [-0.05, 0) is 43.0 Å². The first kappa shape index (κ1) is 14.6. The quantitative estimate of drug-likeness (QED) is 0.647. The standard InChI is InChI=1S/C16H22N4/c1-4-5-13-6-8-14(9-7-13)16(18-17)15-10-11(2)19-20-12(15)3/h6-10,16,18H,4-5,17H2,1-3H3. The highest BCUT2D eigenvalue weighted by atomic mass is 15.2. The Morgan fingerprint density at radius 1 is 1.15 bits per heavy atom. The Kier molecular flexibility index (Phi) is 4.82. The van der Waals surface area contributed by atoms with E-state index in [4.69, 9.17) is 5.84 Å². The molecule has 4 heteroatoms. The molecule has 0 amide bonds. The largest absolute Gasteiger partial charge is 0.271 e. The minimum Gasteiger partial charge on any atom is -0.271 e. The summed E-state index contributed by atoms with van der Waals surface area (Å²) in [5.41, 5.74) is 8.25. The maximum atomic E-state index is 5.75. The highest BCUT2D eigenvalue weighted by molar-refractivity contribution is 5.35. The molecule has 1 aromatic heterocycles. The zero-order chi connectivity index (χ0) is 14.5. The van der Waals surface area contributed by atoms with Gasteiger partial charge in [-0.15, -0.1) is 0 Å². The van der Waals surface area contributed by atoms with Crippen LogP contribution in [0.25, 0.3) is 0 Å². The molecule has 0 fully saturated rings. The lowest BCUT2D eigenvalue weighted by molar-refractivity contribution is 0.625. The number of benzene rings is 1. The van der Waals surface area contributed by atoms with Crippen molar-refractivity contribution in [2.75, 3.05) is 0 Å². The van der Waals surface area contributed by atoms with Crippen LogP contribution in [0.5, 0.6) is 0 Å². The molecule has 2 aromatic rings. The van der Waals surface area contributed by atoms with E-state index in [0.717, 1.165) is 35.4 Å². The normalized spacial score (nSPS) is 12.4. The molecule has 0 radical (unpaired) electrons. The molecule has 1 unspecified atom stereocenters. The van der Waals surface area contributed by atoms with Crippen molar-refractivity contribution in [3.05, 3.63) is 58.4 Å². The summed E-state index contributed by atoms with van der Waals surface area (Å²) in [6.45, 7) is 6.08. The summed E-state index contributed by atoms with van der Waals surface area (Å²) >= 11 is 0. The number of hydrazine groups is 1. The molecule has 4 nitrogen and oxygen atoms in total. The van der Waals surface area contributed by atoms with Gasteiger partial charge in [0.25, 0.3) is 0 Å². The van der Waals surface area contributed by atoms with Gasteiger partial charge in [-0.2, -0.15) is 10.2 Å². The Hall–Kier alpha value is -1.78. The van der Waals surface area contributed by atoms with Gasteiger partial charge >= 0.3 is 0 Å². The van der Waals surface area contributed by atoms with E-state index in [1.165, 1.54) is 5.56 Å². The van der Waals surface area contributed by atoms with Crippen LogP contribution in [0.2, 0.25) is 0 Å². The van der Waals surface area contributed by atoms with Crippen LogP contribution in [0.3, 0.4) is 0 Å². The zero-order valence-corrected chi connectivity index (χ0v) is 12.4. The van der Waals surface area contributed by atoms with Gasteiger partial charge in [0, 0.05) is 0 Å². The van der Waals surface area contributed by atoms with Crippen molar-refractivity contribution >= 4 is 0 Å². The van der Waals surface area contributed by atoms with Crippen LogP contribution >= 0.6 is 0 Å². The highest BCUT2D eigenvalue weighted by Crippen LogP contribution is 2.24. The molecule has 2 rings (SSSR count). The molecular weight excluding hydrogens is 248 g/mol. The summed E-state index contributed by atoms with van der Waals surface area (Å²) in [5.74, 6) is 5.75. The topological polar surface area (TPSA) is 63.8 Å². The Bertz CT molecular complexity index is 563. The van der Waals surface area contributed by atoms with Gasteiger partial charge in [-0.3, -0.25) is 5.84 Å². The Balaban J connectivity index is 2.34. The van der Waals surface area contributed by atoms with Gasteiger partial charge in [-0.25, -0.2) is 5.43 Å². The number of nitrogens with two attached hydrogens (primary N) is 1. The van der Waals surface area contributed by atoms with Gasteiger partial charge in [0.05, 0.1) is 17.4 Å². The molecule has 0 spiro atoms. The molecule has 0 saturated carbocycles. The molecule has 0 aliphatic carbocycles. The van der Waals surface area contributed by atoms with E-state index in [1.807, 2.05) is 19.9 Å². The van der Waals surface area contributed by atoms with Gasteiger partial charge < -0.3 is 0 Å². The predicted molar refractivity (Wildman–Crippen MR) is 81.1 cm³/mol. The van der Waals surface area contributed by atoms with Crippen LogP contribution in [0, 0.1) is 13.8 Å². The summed E-state index contributed by atoms with van der Waals surface area (Å²) in [6, 6.07) is 10.6. The van der Waals surface area contributed by atoms with Crippen molar-refractivity contribution in [2.24, 2.45) is 5.84 Å². The lowest BCUT2D eigenvalue weighted by Crippen LogP contribution is -2.29. The zero-order valence-electron chi connectivity index (χ0n) is 12.4. The molecule has 20 heavy (non-hydrogen) atoms. The molecule has 3 N–H and O–H groups in total. The molecule has 1 heterocycles. The fraction of sp³-hybridized carbons (Fsp3) is 0.375. The van der Waals surface area contributed by atoms with E-state index in [2.05, 4.69) is 46.8 Å². The Labute approximate surface area is 120 Å². The van der Waals surface area contributed by atoms with Gasteiger partial charge in [0.1, 0.15) is 0 Å². The van der Waals surface area contributed by atoms with Crippen molar-refractivity contribution in [1.82, 2.24) is 15.6 Å². The molecule has 0 aliphatic heterocycles. The first-order valence-corrected chi connectivity index (χ1v) is 7.01. The van der Waals surface area contributed by atoms with E-state index in [0.29, 0.717) is 0 Å². The molecule has 106 valence electrons. The first-order chi connectivity index (χ1) is 9.65. The van der Waals surface area contributed by atoms with Gasteiger partial charge in [0.15, 0.2) is 0 Å². The molecular formula is C16H22N4. The molecule has 0 bridgehead atoms. The maximum absolute atomic E-state index is 5.75. The fourth-order valence-electron chi connectivity index (χ4n) is 2.39. The van der Waals surface area contributed by atoms with E-state index in [-0.39, 0.29) is 6.04 Å². The number of nitrogens with zero attached hydrogens (tertiary/aromatic N) is 2. The molecule has 1 aromatic carbocycles. The average Bonchev–Trinajstić information content (AvgIpc) is 2.45. The fourth-order valence-corrected chi connectivity index (χ4v) is 2.39. The summed E-state index contributed by atoms with van der Waals surface area (Å²) in [6.07, 6.45) is 2.26. The highest BCUT2D eigenvalue weighted by Gasteiger charge is 2.16. The van der Waals surface area contributed by atoms with Crippen LogP contribution < -0.4 is 11.3 Å². The second kappa shape index (κ2) is 6.59. The van der Waals surface area contributed by atoms with E-state index < -0.39 is 0 Å². The van der Waals surface area contributed by atoms with Crippen molar-refractivity contribution in [3.8, 4) is 0 Å². The lowest BCUT2D eigenvalue weighted by atomic mass is 9.96. The van der Waals surface area contributed by atoms with Crippen molar-refractivity contribution in [3.63, 3.8) is 0 Å². The summed E-state index contributed by atoms with van der Waals surface area (Å²) in [7, 11) is 0. The number of hydrogen-bond acceptors (Lipinski definition) is 4. The molecule has 1 atom stereocenters. The smallest absolute Gasteiger partial charge is 0.0729 e. The average molecular weight is 270 g/mol.